The summed E-state index contributed by atoms with van der Waals surface area (Å²) in [7, 11) is 0. The molecular weight excluding hydrogens is 196 g/mol. The lowest BCUT2D eigenvalue weighted by Crippen LogP contribution is -2.38. The molecule has 0 aromatic carbocycles. The molecule has 1 saturated heterocycles. The molecule has 0 radical (unpaired) electrons. The zero-order chi connectivity index (χ0) is 10.2. The van der Waals surface area contributed by atoms with Gasteiger partial charge in [0, 0.05) is 6.04 Å². The summed E-state index contributed by atoms with van der Waals surface area (Å²) < 4.78 is 0. The highest BCUT2D eigenvalue weighted by Gasteiger charge is 2.12. The highest BCUT2D eigenvalue weighted by Crippen LogP contribution is 2.07. The van der Waals surface area contributed by atoms with E-state index in [1.54, 1.807) is 11.8 Å². The first-order valence-corrected chi connectivity index (χ1v) is 6.71. The van der Waals surface area contributed by atoms with E-state index in [0.717, 1.165) is 25.9 Å². The van der Waals surface area contributed by atoms with Gasteiger partial charge in [0.15, 0.2) is 0 Å². The van der Waals surface area contributed by atoms with E-state index < -0.39 is 0 Å². The molecule has 1 aliphatic heterocycles. The maximum Gasteiger partial charge on any atom is 0.230 e. The number of thioether (sulfide) groups is 1. The quantitative estimate of drug-likeness (QED) is 0.739. The van der Waals surface area contributed by atoms with Crippen LogP contribution in [0.4, 0.5) is 0 Å². The van der Waals surface area contributed by atoms with Crippen LogP contribution < -0.4 is 10.6 Å². The molecule has 0 aromatic heterocycles. The fourth-order valence-corrected chi connectivity index (χ4v) is 2.11. The third-order valence-corrected chi connectivity index (χ3v) is 3.00. The van der Waals surface area contributed by atoms with Gasteiger partial charge in [-0.3, -0.25) is 4.79 Å². The van der Waals surface area contributed by atoms with Gasteiger partial charge in [0.05, 0.1) is 5.75 Å². The van der Waals surface area contributed by atoms with Crippen molar-refractivity contribution in [2.24, 2.45) is 0 Å². The molecule has 82 valence electrons. The molecule has 0 unspecified atom stereocenters. The lowest BCUT2D eigenvalue weighted by Gasteiger charge is -2.21. The zero-order valence-electron chi connectivity index (χ0n) is 8.84. The predicted molar refractivity (Wildman–Crippen MR) is 61.7 cm³/mol. The van der Waals surface area contributed by atoms with Crippen LogP contribution in [0.3, 0.4) is 0 Å². The topological polar surface area (TPSA) is 41.1 Å². The summed E-state index contributed by atoms with van der Waals surface area (Å²) in [5.74, 6) is 0.783. The molecule has 4 heteroatoms. The van der Waals surface area contributed by atoms with Crippen molar-refractivity contribution in [1.29, 1.82) is 0 Å². The molecule has 0 atom stereocenters. The van der Waals surface area contributed by atoms with Crippen molar-refractivity contribution in [3.05, 3.63) is 0 Å². The van der Waals surface area contributed by atoms with E-state index >= 15 is 0 Å². The molecule has 1 heterocycles. The maximum atomic E-state index is 11.4. The van der Waals surface area contributed by atoms with E-state index in [1.165, 1.54) is 12.8 Å². The van der Waals surface area contributed by atoms with Crippen LogP contribution in [0, 0.1) is 0 Å². The summed E-state index contributed by atoms with van der Waals surface area (Å²) >= 11 is 1.58. The fourth-order valence-electron chi connectivity index (χ4n) is 1.76. The summed E-state index contributed by atoms with van der Waals surface area (Å²) in [6, 6.07) is 0.414. The molecule has 1 fully saturated rings. The number of hydrogen-bond donors (Lipinski definition) is 2. The largest absolute Gasteiger partial charge is 0.353 e. The van der Waals surface area contributed by atoms with Crippen molar-refractivity contribution in [2.75, 3.05) is 25.1 Å². The molecule has 0 aliphatic carbocycles. The van der Waals surface area contributed by atoms with E-state index in [1.807, 2.05) is 6.26 Å². The van der Waals surface area contributed by atoms with Crippen molar-refractivity contribution in [2.45, 2.75) is 31.7 Å². The molecule has 1 rings (SSSR count). The minimum absolute atomic E-state index is 0.191. The highest BCUT2D eigenvalue weighted by atomic mass is 32.2. The average molecular weight is 216 g/mol. The Kier molecular flexibility index (Phi) is 6.03. The van der Waals surface area contributed by atoms with Gasteiger partial charge in [-0.1, -0.05) is 0 Å². The number of carbonyl (C=O) groups excluding carboxylic acids is 1. The Balaban J connectivity index is 2.22. The molecule has 2 N–H and O–H groups in total. The van der Waals surface area contributed by atoms with E-state index in [2.05, 4.69) is 10.6 Å². The maximum absolute atomic E-state index is 11.4. The number of rotatable bonds is 3. The molecular formula is C10H20N2OS. The Labute approximate surface area is 90.4 Å². The Bertz CT molecular complexity index is 168. The highest BCUT2D eigenvalue weighted by molar-refractivity contribution is 7.99. The Morgan fingerprint density at radius 1 is 1.43 bits per heavy atom. The molecule has 0 saturated carbocycles. The first kappa shape index (κ1) is 11.9. The summed E-state index contributed by atoms with van der Waals surface area (Å²) in [4.78, 5) is 11.4. The summed E-state index contributed by atoms with van der Waals surface area (Å²) in [5.41, 5.74) is 0. The molecule has 0 spiro atoms. The number of amides is 1. The number of hydrogen-bond acceptors (Lipinski definition) is 3. The van der Waals surface area contributed by atoms with Gasteiger partial charge in [0.25, 0.3) is 0 Å². The lowest BCUT2D eigenvalue weighted by atomic mass is 10.0. The monoisotopic (exact) mass is 216 g/mol. The minimum atomic E-state index is 0.191. The van der Waals surface area contributed by atoms with Gasteiger partial charge in [-0.25, -0.2) is 0 Å². The Morgan fingerprint density at radius 2 is 2.07 bits per heavy atom. The van der Waals surface area contributed by atoms with E-state index in [4.69, 9.17) is 0 Å². The predicted octanol–water partition coefficient (Wildman–Crippen LogP) is 0.998. The molecule has 1 amide bonds. The molecule has 14 heavy (non-hydrogen) atoms. The molecule has 3 nitrogen and oxygen atoms in total. The van der Waals surface area contributed by atoms with E-state index in [0.29, 0.717) is 11.8 Å². The SMILES string of the molecule is CSCC(=O)NC1CCCNCCC1. The smallest absolute Gasteiger partial charge is 0.230 e. The number of nitrogens with one attached hydrogen (secondary N) is 2. The second-order valence-corrected chi connectivity index (χ2v) is 4.60. The van der Waals surface area contributed by atoms with Crippen LogP contribution in [0.15, 0.2) is 0 Å². The molecule has 0 bridgehead atoms. The van der Waals surface area contributed by atoms with Gasteiger partial charge in [-0.15, -0.1) is 0 Å². The van der Waals surface area contributed by atoms with Crippen LogP contribution in [-0.2, 0) is 4.79 Å². The van der Waals surface area contributed by atoms with Gasteiger partial charge in [0.2, 0.25) is 5.91 Å². The standard InChI is InChI=1S/C10H20N2OS/c1-14-8-10(13)12-9-4-2-6-11-7-3-5-9/h9,11H,2-8H2,1H3,(H,12,13). The third kappa shape index (κ3) is 4.86. The summed E-state index contributed by atoms with van der Waals surface area (Å²) in [6.07, 6.45) is 6.54. The van der Waals surface area contributed by atoms with E-state index in [9.17, 15) is 4.79 Å². The van der Waals surface area contributed by atoms with Crippen molar-refractivity contribution in [1.82, 2.24) is 10.6 Å². The van der Waals surface area contributed by atoms with Gasteiger partial charge in [-0.05, 0) is 45.0 Å². The zero-order valence-corrected chi connectivity index (χ0v) is 9.66. The van der Waals surface area contributed by atoms with E-state index in [-0.39, 0.29) is 5.91 Å². The lowest BCUT2D eigenvalue weighted by molar-refractivity contribution is -0.119. The summed E-state index contributed by atoms with van der Waals surface area (Å²) in [5, 5.41) is 6.47. The number of carbonyl (C=O) groups is 1. The Morgan fingerprint density at radius 3 is 2.64 bits per heavy atom. The van der Waals surface area contributed by atoms with Crippen molar-refractivity contribution in [3.8, 4) is 0 Å². The first-order chi connectivity index (χ1) is 6.83. The third-order valence-electron chi connectivity index (χ3n) is 2.45. The van der Waals surface area contributed by atoms with Crippen LogP contribution in [0.5, 0.6) is 0 Å². The van der Waals surface area contributed by atoms with Gasteiger partial charge in [-0.2, -0.15) is 11.8 Å². The average Bonchev–Trinajstić information content (AvgIpc) is 2.10. The molecule has 1 aliphatic rings. The van der Waals surface area contributed by atoms with Crippen LogP contribution in [0.2, 0.25) is 0 Å². The fraction of sp³-hybridized carbons (Fsp3) is 0.900. The van der Waals surface area contributed by atoms with Crippen LogP contribution in [0.1, 0.15) is 25.7 Å². The van der Waals surface area contributed by atoms with Crippen LogP contribution >= 0.6 is 11.8 Å². The van der Waals surface area contributed by atoms with Crippen molar-refractivity contribution >= 4 is 17.7 Å². The second kappa shape index (κ2) is 7.12. The van der Waals surface area contributed by atoms with Gasteiger partial charge >= 0.3 is 0 Å². The normalized spacial score (nSPS) is 19.8. The van der Waals surface area contributed by atoms with Crippen molar-refractivity contribution in [3.63, 3.8) is 0 Å². The van der Waals surface area contributed by atoms with Crippen LogP contribution in [0.25, 0.3) is 0 Å². The van der Waals surface area contributed by atoms with Gasteiger partial charge in [0.1, 0.15) is 0 Å². The van der Waals surface area contributed by atoms with Gasteiger partial charge < -0.3 is 10.6 Å². The first-order valence-electron chi connectivity index (χ1n) is 5.32. The Hall–Kier alpha value is -0.220. The van der Waals surface area contributed by atoms with Crippen LogP contribution in [-0.4, -0.2) is 37.0 Å². The molecule has 0 aromatic rings. The van der Waals surface area contributed by atoms with Crippen molar-refractivity contribution < 1.29 is 4.79 Å². The minimum Gasteiger partial charge on any atom is -0.353 e. The second-order valence-electron chi connectivity index (χ2n) is 3.73. The summed E-state index contributed by atoms with van der Waals surface area (Å²) in [6.45, 7) is 2.18.